The Labute approximate surface area is 175 Å². The van der Waals surface area contributed by atoms with Crippen LogP contribution in [0.5, 0.6) is 11.5 Å². The van der Waals surface area contributed by atoms with Gasteiger partial charge >= 0.3 is 12.1 Å². The van der Waals surface area contributed by atoms with E-state index >= 15 is 0 Å². The van der Waals surface area contributed by atoms with Crippen molar-refractivity contribution in [2.24, 2.45) is 0 Å². The molecule has 164 valence electrons. The van der Waals surface area contributed by atoms with Gasteiger partial charge in [-0.05, 0) is 43.7 Å². The van der Waals surface area contributed by atoms with Crippen LogP contribution in [0.4, 0.5) is 13.2 Å². The Hall–Kier alpha value is -3.49. The maximum atomic E-state index is 13.7. The van der Waals surface area contributed by atoms with E-state index in [1.165, 1.54) is 50.4 Å². The number of rotatable bonds is 6. The standard InChI is InChI=1S/C22H19F3O6/c1-4-29-21(27)12(2)30-15-9-10-16-17(11-15)31-20(22(23,24)25)18(19(16)26)13-5-7-14(28-3)8-6-13/h5-12H,4H2,1-3H3. The van der Waals surface area contributed by atoms with Crippen molar-refractivity contribution in [1.29, 1.82) is 0 Å². The Kier molecular flexibility index (Phi) is 6.24. The molecular weight excluding hydrogens is 417 g/mol. The van der Waals surface area contributed by atoms with Gasteiger partial charge in [0.2, 0.25) is 11.2 Å². The molecule has 3 aromatic rings. The van der Waals surface area contributed by atoms with E-state index in [1.807, 2.05) is 0 Å². The number of carbonyl (C=O) groups excluding carboxylic acids is 1. The van der Waals surface area contributed by atoms with Crippen LogP contribution in [0.2, 0.25) is 0 Å². The molecule has 6 nitrogen and oxygen atoms in total. The number of ether oxygens (including phenoxy) is 3. The quantitative estimate of drug-likeness (QED) is 0.516. The van der Waals surface area contributed by atoms with E-state index in [0.717, 1.165) is 6.07 Å². The highest BCUT2D eigenvalue weighted by Gasteiger charge is 2.39. The second-order valence-corrected chi connectivity index (χ2v) is 6.53. The fraction of sp³-hybridized carbons (Fsp3) is 0.273. The molecular formula is C22H19F3O6. The minimum Gasteiger partial charge on any atom is -0.497 e. The van der Waals surface area contributed by atoms with E-state index in [2.05, 4.69) is 0 Å². The molecule has 0 amide bonds. The topological polar surface area (TPSA) is 75.0 Å². The monoisotopic (exact) mass is 436 g/mol. The number of hydrogen-bond acceptors (Lipinski definition) is 6. The van der Waals surface area contributed by atoms with Crippen molar-refractivity contribution in [3.05, 3.63) is 58.4 Å². The number of methoxy groups -OCH3 is 1. The summed E-state index contributed by atoms with van der Waals surface area (Å²) in [6.07, 6.45) is -5.91. The van der Waals surface area contributed by atoms with Crippen LogP contribution in [0, 0.1) is 0 Å². The van der Waals surface area contributed by atoms with Gasteiger partial charge in [0, 0.05) is 6.07 Å². The number of carbonyl (C=O) groups is 1. The van der Waals surface area contributed by atoms with Crippen molar-refractivity contribution in [1.82, 2.24) is 0 Å². The molecule has 0 bridgehead atoms. The second-order valence-electron chi connectivity index (χ2n) is 6.53. The Bertz CT molecular complexity index is 1150. The molecule has 0 radical (unpaired) electrons. The maximum absolute atomic E-state index is 13.7. The Morgan fingerprint density at radius 1 is 1.10 bits per heavy atom. The summed E-state index contributed by atoms with van der Waals surface area (Å²) in [5.41, 5.74) is -1.72. The third kappa shape index (κ3) is 4.65. The van der Waals surface area contributed by atoms with Gasteiger partial charge in [-0.2, -0.15) is 13.2 Å². The summed E-state index contributed by atoms with van der Waals surface area (Å²) in [5, 5.41) is -0.0602. The first-order chi connectivity index (χ1) is 14.7. The molecule has 2 aromatic carbocycles. The fourth-order valence-corrected chi connectivity index (χ4v) is 2.98. The number of hydrogen-bond donors (Lipinski definition) is 0. The molecule has 31 heavy (non-hydrogen) atoms. The van der Waals surface area contributed by atoms with Crippen molar-refractivity contribution in [2.45, 2.75) is 26.1 Å². The summed E-state index contributed by atoms with van der Waals surface area (Å²) in [7, 11) is 1.42. The molecule has 0 aliphatic rings. The van der Waals surface area contributed by atoms with Gasteiger partial charge in [0.05, 0.1) is 24.7 Å². The van der Waals surface area contributed by atoms with Crippen molar-refractivity contribution in [2.75, 3.05) is 13.7 Å². The molecule has 3 rings (SSSR count). The van der Waals surface area contributed by atoms with Gasteiger partial charge in [-0.1, -0.05) is 12.1 Å². The minimum atomic E-state index is -4.92. The predicted molar refractivity (Wildman–Crippen MR) is 106 cm³/mol. The lowest BCUT2D eigenvalue weighted by Gasteiger charge is -2.15. The highest BCUT2D eigenvalue weighted by Crippen LogP contribution is 2.38. The van der Waals surface area contributed by atoms with Crippen molar-refractivity contribution < 1.29 is 36.6 Å². The normalized spacial score (nSPS) is 12.5. The first kappa shape index (κ1) is 22.2. The lowest BCUT2D eigenvalue weighted by molar-refractivity contribution is -0.152. The first-order valence-electron chi connectivity index (χ1n) is 9.31. The molecule has 0 aliphatic carbocycles. The van der Waals surface area contributed by atoms with Crippen LogP contribution >= 0.6 is 0 Å². The molecule has 0 saturated carbocycles. The average molecular weight is 436 g/mol. The second kappa shape index (κ2) is 8.71. The fourth-order valence-electron chi connectivity index (χ4n) is 2.98. The number of esters is 1. The number of benzene rings is 2. The third-order valence-electron chi connectivity index (χ3n) is 4.43. The van der Waals surface area contributed by atoms with Gasteiger partial charge in [0.1, 0.15) is 17.1 Å². The lowest BCUT2D eigenvalue weighted by Crippen LogP contribution is -2.26. The van der Waals surface area contributed by atoms with Gasteiger partial charge in [-0.15, -0.1) is 0 Å². The summed E-state index contributed by atoms with van der Waals surface area (Å²) in [4.78, 5) is 24.7. The smallest absolute Gasteiger partial charge is 0.450 e. The average Bonchev–Trinajstić information content (AvgIpc) is 2.73. The summed E-state index contributed by atoms with van der Waals surface area (Å²) >= 11 is 0. The van der Waals surface area contributed by atoms with Gasteiger partial charge in [0.15, 0.2) is 6.10 Å². The van der Waals surface area contributed by atoms with Gasteiger partial charge in [-0.25, -0.2) is 4.79 Å². The number of fused-ring (bicyclic) bond motifs is 1. The van der Waals surface area contributed by atoms with Crippen molar-refractivity contribution >= 4 is 16.9 Å². The van der Waals surface area contributed by atoms with Crippen molar-refractivity contribution in [3.8, 4) is 22.6 Å². The zero-order valence-electron chi connectivity index (χ0n) is 16.9. The molecule has 0 spiro atoms. The minimum absolute atomic E-state index is 0.0417. The molecule has 9 heteroatoms. The Morgan fingerprint density at radius 2 is 1.74 bits per heavy atom. The Balaban J connectivity index is 2.13. The highest BCUT2D eigenvalue weighted by atomic mass is 19.4. The van der Waals surface area contributed by atoms with Crippen LogP contribution in [0.1, 0.15) is 19.6 Å². The SMILES string of the molecule is CCOC(=O)C(C)Oc1ccc2c(=O)c(-c3ccc(OC)cc3)c(C(F)(F)F)oc2c1. The summed E-state index contributed by atoms with van der Waals surface area (Å²) < 4.78 is 61.6. The molecule has 0 saturated heterocycles. The third-order valence-corrected chi connectivity index (χ3v) is 4.43. The molecule has 1 unspecified atom stereocenters. The van der Waals surface area contributed by atoms with Crippen LogP contribution in [0.15, 0.2) is 51.7 Å². The number of halogens is 3. The van der Waals surface area contributed by atoms with Crippen molar-refractivity contribution in [3.63, 3.8) is 0 Å². The molecule has 1 heterocycles. The molecule has 0 aliphatic heterocycles. The molecule has 0 N–H and O–H groups in total. The van der Waals surface area contributed by atoms with Crippen LogP contribution in [0.25, 0.3) is 22.1 Å². The van der Waals surface area contributed by atoms with Gasteiger partial charge in [0.25, 0.3) is 0 Å². The molecule has 0 fully saturated rings. The van der Waals surface area contributed by atoms with Crippen LogP contribution in [0.3, 0.4) is 0 Å². The van der Waals surface area contributed by atoms with Gasteiger partial charge < -0.3 is 18.6 Å². The van der Waals surface area contributed by atoms with Gasteiger partial charge in [-0.3, -0.25) is 4.79 Å². The zero-order chi connectivity index (χ0) is 22.8. The van der Waals surface area contributed by atoms with Crippen LogP contribution in [-0.2, 0) is 15.7 Å². The first-order valence-corrected chi connectivity index (χ1v) is 9.31. The van der Waals surface area contributed by atoms with E-state index in [-0.39, 0.29) is 28.9 Å². The molecule has 1 atom stereocenters. The summed E-state index contributed by atoms with van der Waals surface area (Å²) in [6.45, 7) is 3.23. The summed E-state index contributed by atoms with van der Waals surface area (Å²) in [6, 6.07) is 9.41. The number of alkyl halides is 3. The van der Waals surface area contributed by atoms with E-state index in [9.17, 15) is 22.8 Å². The van der Waals surface area contributed by atoms with E-state index < -0.39 is 35.0 Å². The van der Waals surface area contributed by atoms with E-state index in [0.29, 0.717) is 5.75 Å². The largest absolute Gasteiger partial charge is 0.497 e. The lowest BCUT2D eigenvalue weighted by atomic mass is 10.0. The van der Waals surface area contributed by atoms with Crippen LogP contribution < -0.4 is 14.9 Å². The highest BCUT2D eigenvalue weighted by molar-refractivity contribution is 5.84. The van der Waals surface area contributed by atoms with E-state index in [1.54, 1.807) is 6.92 Å². The predicted octanol–water partition coefficient (Wildman–Crippen LogP) is 4.82. The summed E-state index contributed by atoms with van der Waals surface area (Å²) in [5.74, 6) is -1.57. The zero-order valence-corrected chi connectivity index (χ0v) is 16.9. The molecule has 1 aromatic heterocycles. The van der Waals surface area contributed by atoms with E-state index in [4.69, 9.17) is 18.6 Å². The maximum Gasteiger partial charge on any atom is 0.450 e. The Morgan fingerprint density at radius 3 is 2.32 bits per heavy atom. The van der Waals surface area contributed by atoms with Crippen LogP contribution in [-0.4, -0.2) is 25.8 Å².